The predicted octanol–water partition coefficient (Wildman–Crippen LogP) is 1.20. The maximum atomic E-state index is 5.63. The summed E-state index contributed by atoms with van der Waals surface area (Å²) < 4.78 is 7.09. The summed E-state index contributed by atoms with van der Waals surface area (Å²) in [5.74, 6) is 0.603. The molecule has 4 heteroatoms. The molecule has 1 aromatic heterocycles. The molecule has 4 nitrogen and oxygen atoms in total. The minimum absolute atomic E-state index is 0.221. The zero-order valence-electron chi connectivity index (χ0n) is 8.45. The lowest BCUT2D eigenvalue weighted by molar-refractivity contribution is 0.0816. The maximum absolute atomic E-state index is 5.63. The Bertz CT molecular complexity index is 246. The second-order valence-corrected chi connectivity index (χ2v) is 3.19. The number of nitrogen functional groups attached to an aromatic ring is 1. The highest BCUT2D eigenvalue weighted by Crippen LogP contribution is 2.08. The van der Waals surface area contributed by atoms with Gasteiger partial charge in [0.1, 0.15) is 5.82 Å². The third-order valence-corrected chi connectivity index (χ3v) is 2.16. The summed E-state index contributed by atoms with van der Waals surface area (Å²) in [6.07, 6.45) is 3.14. The van der Waals surface area contributed by atoms with Crippen LogP contribution in [0.25, 0.3) is 0 Å². The van der Waals surface area contributed by atoms with Crippen LogP contribution in [-0.4, -0.2) is 23.0 Å². The average Bonchev–Trinajstić information content (AvgIpc) is 2.42. The van der Waals surface area contributed by atoms with Gasteiger partial charge in [-0.05, 0) is 13.3 Å². The molecule has 0 aliphatic carbocycles. The van der Waals surface area contributed by atoms with Crippen LogP contribution < -0.4 is 5.73 Å². The topological polar surface area (TPSA) is 53.1 Å². The minimum Gasteiger partial charge on any atom is -0.382 e. The van der Waals surface area contributed by atoms with Crippen molar-refractivity contribution in [3.8, 4) is 0 Å². The van der Waals surface area contributed by atoms with Crippen molar-refractivity contribution in [2.45, 2.75) is 32.9 Å². The Labute approximate surface area is 78.7 Å². The lowest BCUT2D eigenvalue weighted by Gasteiger charge is -2.12. The molecule has 0 radical (unpaired) electrons. The number of methoxy groups -OCH3 is 1. The Morgan fingerprint density at radius 1 is 1.69 bits per heavy atom. The van der Waals surface area contributed by atoms with E-state index in [0.717, 1.165) is 18.5 Å². The minimum atomic E-state index is 0.221. The summed E-state index contributed by atoms with van der Waals surface area (Å²) in [5.41, 5.74) is 6.65. The van der Waals surface area contributed by atoms with Crippen molar-refractivity contribution in [2.75, 3.05) is 12.8 Å². The molecule has 0 amide bonds. The molecule has 1 heterocycles. The smallest absolute Gasteiger partial charge is 0.148 e. The van der Waals surface area contributed by atoms with E-state index in [1.54, 1.807) is 7.11 Å². The van der Waals surface area contributed by atoms with Crippen LogP contribution in [0, 0.1) is 6.92 Å². The van der Waals surface area contributed by atoms with Crippen molar-refractivity contribution in [3.63, 3.8) is 0 Å². The van der Waals surface area contributed by atoms with Crippen LogP contribution in [0.2, 0.25) is 0 Å². The van der Waals surface area contributed by atoms with E-state index in [9.17, 15) is 0 Å². The first-order chi connectivity index (χ1) is 6.17. The van der Waals surface area contributed by atoms with Crippen LogP contribution in [0.5, 0.6) is 0 Å². The van der Waals surface area contributed by atoms with Crippen molar-refractivity contribution in [1.82, 2.24) is 9.78 Å². The second-order valence-electron chi connectivity index (χ2n) is 3.19. The van der Waals surface area contributed by atoms with Crippen LogP contribution in [0.4, 0.5) is 5.82 Å². The summed E-state index contributed by atoms with van der Waals surface area (Å²) in [6, 6.07) is 0. The Morgan fingerprint density at radius 3 is 2.77 bits per heavy atom. The van der Waals surface area contributed by atoms with E-state index < -0.39 is 0 Å². The van der Waals surface area contributed by atoms with Gasteiger partial charge in [0.25, 0.3) is 0 Å². The molecule has 0 aromatic carbocycles. The number of aryl methyl sites for hydroxylation is 1. The molecule has 1 rings (SSSR count). The lowest BCUT2D eigenvalue weighted by Crippen LogP contribution is -2.18. The van der Waals surface area contributed by atoms with Gasteiger partial charge < -0.3 is 10.5 Å². The molecular formula is C9H17N3O. The number of hydrogen-bond acceptors (Lipinski definition) is 3. The van der Waals surface area contributed by atoms with E-state index in [1.807, 2.05) is 17.8 Å². The Balaban J connectivity index is 2.62. The molecule has 0 aliphatic rings. The van der Waals surface area contributed by atoms with Crippen LogP contribution in [0.1, 0.15) is 18.9 Å². The van der Waals surface area contributed by atoms with Crippen molar-refractivity contribution >= 4 is 5.82 Å². The van der Waals surface area contributed by atoms with Crippen molar-refractivity contribution in [3.05, 3.63) is 11.8 Å². The number of aromatic nitrogens is 2. The SMILES string of the molecule is CCC(Cn1cc(C)c(N)n1)OC. The van der Waals surface area contributed by atoms with Crippen LogP contribution in [-0.2, 0) is 11.3 Å². The summed E-state index contributed by atoms with van der Waals surface area (Å²) in [4.78, 5) is 0. The molecule has 74 valence electrons. The molecule has 2 N–H and O–H groups in total. The van der Waals surface area contributed by atoms with Gasteiger partial charge >= 0.3 is 0 Å². The third kappa shape index (κ3) is 2.45. The molecule has 13 heavy (non-hydrogen) atoms. The molecule has 0 bridgehead atoms. The number of anilines is 1. The fraction of sp³-hybridized carbons (Fsp3) is 0.667. The molecule has 1 unspecified atom stereocenters. The van der Waals surface area contributed by atoms with Gasteiger partial charge in [-0.1, -0.05) is 6.92 Å². The number of hydrogen-bond donors (Lipinski definition) is 1. The zero-order chi connectivity index (χ0) is 9.84. The zero-order valence-corrected chi connectivity index (χ0v) is 8.45. The first-order valence-electron chi connectivity index (χ1n) is 4.49. The summed E-state index contributed by atoms with van der Waals surface area (Å²) in [5, 5.41) is 4.16. The molecule has 0 saturated carbocycles. The summed E-state index contributed by atoms with van der Waals surface area (Å²) in [6.45, 7) is 4.81. The average molecular weight is 183 g/mol. The molecule has 0 fully saturated rings. The predicted molar refractivity (Wildman–Crippen MR) is 52.5 cm³/mol. The second kappa shape index (κ2) is 4.28. The first kappa shape index (κ1) is 10.1. The van der Waals surface area contributed by atoms with E-state index >= 15 is 0 Å². The first-order valence-corrected chi connectivity index (χ1v) is 4.49. The van der Waals surface area contributed by atoms with Gasteiger partial charge in [0, 0.05) is 18.9 Å². The molecule has 0 aliphatic heterocycles. The summed E-state index contributed by atoms with van der Waals surface area (Å²) in [7, 11) is 1.72. The highest BCUT2D eigenvalue weighted by atomic mass is 16.5. The van der Waals surface area contributed by atoms with E-state index in [4.69, 9.17) is 10.5 Å². The molecule has 1 aromatic rings. The van der Waals surface area contributed by atoms with Crippen molar-refractivity contribution < 1.29 is 4.74 Å². The van der Waals surface area contributed by atoms with E-state index in [2.05, 4.69) is 12.0 Å². The van der Waals surface area contributed by atoms with Gasteiger partial charge in [-0.2, -0.15) is 5.10 Å². The van der Waals surface area contributed by atoms with Gasteiger partial charge in [-0.15, -0.1) is 0 Å². The third-order valence-electron chi connectivity index (χ3n) is 2.16. The fourth-order valence-electron chi connectivity index (χ4n) is 1.21. The number of nitrogens with zero attached hydrogens (tertiary/aromatic N) is 2. The van der Waals surface area contributed by atoms with Crippen LogP contribution in [0.3, 0.4) is 0 Å². The largest absolute Gasteiger partial charge is 0.382 e. The normalized spacial score (nSPS) is 13.2. The van der Waals surface area contributed by atoms with Gasteiger partial charge in [0.05, 0.1) is 12.6 Å². The quantitative estimate of drug-likeness (QED) is 0.763. The van der Waals surface area contributed by atoms with E-state index in [0.29, 0.717) is 5.82 Å². The van der Waals surface area contributed by atoms with Crippen molar-refractivity contribution in [1.29, 1.82) is 0 Å². The lowest BCUT2D eigenvalue weighted by atomic mass is 10.3. The van der Waals surface area contributed by atoms with E-state index in [-0.39, 0.29) is 6.10 Å². The van der Waals surface area contributed by atoms with Gasteiger partial charge in [0.2, 0.25) is 0 Å². The van der Waals surface area contributed by atoms with Gasteiger partial charge in [-0.25, -0.2) is 0 Å². The number of nitrogens with two attached hydrogens (primary N) is 1. The van der Waals surface area contributed by atoms with Gasteiger partial charge in [0.15, 0.2) is 0 Å². The highest BCUT2D eigenvalue weighted by molar-refractivity contribution is 5.35. The molecule has 1 atom stereocenters. The summed E-state index contributed by atoms with van der Waals surface area (Å²) >= 11 is 0. The molecule has 0 saturated heterocycles. The van der Waals surface area contributed by atoms with Crippen LogP contribution in [0.15, 0.2) is 6.20 Å². The van der Waals surface area contributed by atoms with Gasteiger partial charge in [-0.3, -0.25) is 4.68 Å². The molecule has 0 spiro atoms. The Hall–Kier alpha value is -1.03. The molecular weight excluding hydrogens is 166 g/mol. The maximum Gasteiger partial charge on any atom is 0.148 e. The van der Waals surface area contributed by atoms with Crippen LogP contribution >= 0.6 is 0 Å². The number of rotatable bonds is 4. The Kier molecular flexibility index (Phi) is 3.31. The highest BCUT2D eigenvalue weighted by Gasteiger charge is 2.07. The van der Waals surface area contributed by atoms with E-state index in [1.165, 1.54) is 0 Å². The standard InChI is InChI=1S/C9H17N3O/c1-4-8(13-3)6-12-5-7(2)9(10)11-12/h5,8H,4,6H2,1-3H3,(H2,10,11). The number of ether oxygens (including phenoxy) is 1. The monoisotopic (exact) mass is 183 g/mol. The van der Waals surface area contributed by atoms with Crippen molar-refractivity contribution in [2.24, 2.45) is 0 Å². The fourth-order valence-corrected chi connectivity index (χ4v) is 1.21. The Morgan fingerprint density at radius 2 is 2.38 bits per heavy atom.